The molecular weight excluding hydrogens is 298 g/mol. The largest absolute Gasteiger partial charge is 0.550 e. The molecule has 6 heteroatoms. The number of fused-ring (bicyclic) bond motifs is 2. The molecule has 1 amide bonds. The minimum absolute atomic E-state index is 0.0751. The second kappa shape index (κ2) is 6.10. The van der Waals surface area contributed by atoms with Gasteiger partial charge < -0.3 is 24.7 Å². The summed E-state index contributed by atoms with van der Waals surface area (Å²) in [5, 5.41) is 14.2. The van der Waals surface area contributed by atoms with Crippen molar-refractivity contribution in [1.82, 2.24) is 0 Å². The first-order chi connectivity index (χ1) is 11.0. The Kier molecular flexibility index (Phi) is 4.15. The number of aliphatic carboxylic acids is 1. The third kappa shape index (κ3) is 2.73. The molecule has 2 aliphatic rings. The van der Waals surface area contributed by atoms with Crippen LogP contribution in [0.5, 0.6) is 11.5 Å². The van der Waals surface area contributed by atoms with Gasteiger partial charge in [0.2, 0.25) is 5.91 Å². The SMILES string of the molecule is COc1ccc(NC(=O)[C@@H]2[C@H]3CC[C@H](C3)[C@H]2C(=O)[O-])cc1OC. The van der Waals surface area contributed by atoms with E-state index in [2.05, 4.69) is 5.32 Å². The van der Waals surface area contributed by atoms with Gasteiger partial charge in [0.1, 0.15) is 0 Å². The van der Waals surface area contributed by atoms with Crippen molar-refractivity contribution < 1.29 is 24.2 Å². The second-order valence-corrected chi connectivity index (χ2v) is 6.26. The highest BCUT2D eigenvalue weighted by molar-refractivity contribution is 5.96. The van der Waals surface area contributed by atoms with Crippen molar-refractivity contribution in [2.75, 3.05) is 19.5 Å². The van der Waals surface area contributed by atoms with E-state index >= 15 is 0 Å². The number of hydrogen-bond acceptors (Lipinski definition) is 5. The maximum atomic E-state index is 12.6. The summed E-state index contributed by atoms with van der Waals surface area (Å²) in [6.07, 6.45) is 2.60. The number of ether oxygens (including phenoxy) is 2. The smallest absolute Gasteiger partial charge is 0.228 e. The number of carboxylic acid groups (broad SMARTS) is 1. The number of hydrogen-bond donors (Lipinski definition) is 1. The van der Waals surface area contributed by atoms with Gasteiger partial charge in [-0.25, -0.2) is 0 Å². The molecule has 2 fully saturated rings. The minimum Gasteiger partial charge on any atom is -0.550 e. The van der Waals surface area contributed by atoms with Gasteiger partial charge in [-0.3, -0.25) is 4.79 Å². The summed E-state index contributed by atoms with van der Waals surface area (Å²) in [7, 11) is 3.06. The Hall–Kier alpha value is -2.24. The van der Waals surface area contributed by atoms with E-state index in [-0.39, 0.29) is 17.7 Å². The Morgan fingerprint density at radius 1 is 1.09 bits per heavy atom. The van der Waals surface area contributed by atoms with Gasteiger partial charge in [-0.2, -0.15) is 0 Å². The fraction of sp³-hybridized carbons (Fsp3) is 0.529. The molecule has 0 saturated heterocycles. The van der Waals surface area contributed by atoms with Crippen LogP contribution in [-0.4, -0.2) is 26.1 Å². The van der Waals surface area contributed by atoms with Crippen molar-refractivity contribution >= 4 is 17.6 Å². The summed E-state index contributed by atoms with van der Waals surface area (Å²) >= 11 is 0. The Morgan fingerprint density at radius 2 is 1.74 bits per heavy atom. The number of amides is 1. The fourth-order valence-electron chi connectivity index (χ4n) is 4.15. The second-order valence-electron chi connectivity index (χ2n) is 6.26. The lowest BCUT2D eigenvalue weighted by Gasteiger charge is -2.30. The number of carboxylic acids is 1. The number of carbonyl (C=O) groups is 2. The zero-order valence-electron chi connectivity index (χ0n) is 13.2. The Morgan fingerprint density at radius 3 is 2.35 bits per heavy atom. The van der Waals surface area contributed by atoms with Gasteiger partial charge in [0.15, 0.2) is 11.5 Å². The highest BCUT2D eigenvalue weighted by atomic mass is 16.5. The molecule has 1 aromatic rings. The third-order valence-corrected chi connectivity index (χ3v) is 5.14. The molecule has 3 rings (SSSR count). The maximum absolute atomic E-state index is 12.6. The van der Waals surface area contributed by atoms with Crippen LogP contribution in [0.15, 0.2) is 18.2 Å². The van der Waals surface area contributed by atoms with Gasteiger partial charge in [0.05, 0.1) is 14.2 Å². The number of carbonyl (C=O) groups excluding carboxylic acids is 2. The topological polar surface area (TPSA) is 87.7 Å². The summed E-state index contributed by atoms with van der Waals surface area (Å²) < 4.78 is 10.4. The minimum atomic E-state index is -1.11. The quantitative estimate of drug-likeness (QED) is 0.877. The van der Waals surface area contributed by atoms with Gasteiger partial charge in [-0.05, 0) is 43.2 Å². The lowest BCUT2D eigenvalue weighted by atomic mass is 9.78. The number of rotatable bonds is 5. The number of nitrogens with one attached hydrogen (secondary N) is 1. The van der Waals surface area contributed by atoms with Crippen LogP contribution in [-0.2, 0) is 9.59 Å². The molecule has 2 saturated carbocycles. The van der Waals surface area contributed by atoms with Crippen LogP contribution in [0.4, 0.5) is 5.69 Å². The van der Waals surface area contributed by atoms with Crippen LogP contribution < -0.4 is 19.9 Å². The Labute approximate surface area is 134 Å². The first-order valence-corrected chi connectivity index (χ1v) is 7.79. The molecule has 23 heavy (non-hydrogen) atoms. The van der Waals surface area contributed by atoms with E-state index in [9.17, 15) is 14.7 Å². The first-order valence-electron chi connectivity index (χ1n) is 7.79. The standard InChI is InChI=1S/C17H21NO5/c1-22-12-6-5-11(8-13(12)23-2)18-16(19)14-9-3-4-10(7-9)15(14)17(20)21/h5-6,8-10,14-15H,3-4,7H2,1-2H3,(H,18,19)(H,20,21)/p-1/t9-,10+,14+,15+/m0/s1. The Balaban J connectivity index is 1.78. The van der Waals surface area contributed by atoms with Crippen molar-refractivity contribution in [3.05, 3.63) is 18.2 Å². The normalized spacial score (nSPS) is 28.4. The first kappa shape index (κ1) is 15.6. The van der Waals surface area contributed by atoms with E-state index in [1.807, 2.05) is 0 Å². The van der Waals surface area contributed by atoms with Gasteiger partial charge in [-0.1, -0.05) is 0 Å². The molecule has 124 valence electrons. The third-order valence-electron chi connectivity index (χ3n) is 5.14. The monoisotopic (exact) mass is 318 g/mol. The summed E-state index contributed by atoms with van der Waals surface area (Å²) in [5.41, 5.74) is 0.563. The molecule has 2 bridgehead atoms. The van der Waals surface area contributed by atoms with E-state index < -0.39 is 17.8 Å². The zero-order chi connectivity index (χ0) is 16.6. The van der Waals surface area contributed by atoms with E-state index in [1.165, 1.54) is 14.2 Å². The predicted molar refractivity (Wildman–Crippen MR) is 81.0 cm³/mol. The van der Waals surface area contributed by atoms with Crippen molar-refractivity contribution in [3.8, 4) is 11.5 Å². The van der Waals surface area contributed by atoms with E-state index in [1.54, 1.807) is 18.2 Å². The van der Waals surface area contributed by atoms with Gasteiger partial charge >= 0.3 is 0 Å². The fourth-order valence-corrected chi connectivity index (χ4v) is 4.15. The molecule has 0 aliphatic heterocycles. The van der Waals surface area contributed by atoms with Gasteiger partial charge in [-0.15, -0.1) is 0 Å². The van der Waals surface area contributed by atoms with Crippen LogP contribution in [0.25, 0.3) is 0 Å². The van der Waals surface area contributed by atoms with E-state index in [0.717, 1.165) is 19.3 Å². The predicted octanol–water partition coefficient (Wildman–Crippen LogP) is 1.05. The van der Waals surface area contributed by atoms with Crippen LogP contribution in [0, 0.1) is 23.7 Å². The lowest BCUT2D eigenvalue weighted by molar-refractivity contribution is -0.314. The summed E-state index contributed by atoms with van der Waals surface area (Å²) in [5.74, 6) is -1.24. The van der Waals surface area contributed by atoms with Gasteiger partial charge in [0, 0.05) is 29.6 Å². The molecule has 0 unspecified atom stereocenters. The van der Waals surface area contributed by atoms with Crippen LogP contribution in [0.3, 0.4) is 0 Å². The molecule has 2 aliphatic carbocycles. The van der Waals surface area contributed by atoms with Gasteiger partial charge in [0.25, 0.3) is 0 Å². The lowest BCUT2D eigenvalue weighted by Crippen LogP contribution is -2.43. The van der Waals surface area contributed by atoms with E-state index in [0.29, 0.717) is 17.2 Å². The van der Waals surface area contributed by atoms with Crippen molar-refractivity contribution in [2.45, 2.75) is 19.3 Å². The summed E-state index contributed by atoms with van der Waals surface area (Å²) in [6.45, 7) is 0. The van der Waals surface area contributed by atoms with Crippen LogP contribution >= 0.6 is 0 Å². The molecule has 0 radical (unpaired) electrons. The molecular formula is C17H20NO5-. The van der Waals surface area contributed by atoms with Crippen molar-refractivity contribution in [2.24, 2.45) is 23.7 Å². The van der Waals surface area contributed by atoms with Crippen LogP contribution in [0.2, 0.25) is 0 Å². The molecule has 4 atom stereocenters. The number of anilines is 1. The number of methoxy groups -OCH3 is 2. The average Bonchev–Trinajstić information content (AvgIpc) is 3.15. The summed E-state index contributed by atoms with van der Waals surface area (Å²) in [6, 6.07) is 5.07. The zero-order valence-corrected chi connectivity index (χ0v) is 13.2. The molecule has 1 N–H and O–H groups in total. The average molecular weight is 318 g/mol. The van der Waals surface area contributed by atoms with Crippen LogP contribution in [0.1, 0.15) is 19.3 Å². The highest BCUT2D eigenvalue weighted by Gasteiger charge is 2.51. The summed E-state index contributed by atoms with van der Waals surface area (Å²) in [4.78, 5) is 24.0. The molecule has 6 nitrogen and oxygen atoms in total. The van der Waals surface area contributed by atoms with Crippen molar-refractivity contribution in [3.63, 3.8) is 0 Å². The number of benzene rings is 1. The van der Waals surface area contributed by atoms with Crippen molar-refractivity contribution in [1.29, 1.82) is 0 Å². The van der Waals surface area contributed by atoms with E-state index in [4.69, 9.17) is 9.47 Å². The highest BCUT2D eigenvalue weighted by Crippen LogP contribution is 2.52. The molecule has 0 spiro atoms. The molecule has 0 aromatic heterocycles. The molecule has 1 aromatic carbocycles. The molecule has 0 heterocycles. The maximum Gasteiger partial charge on any atom is 0.228 e. The Bertz CT molecular complexity index is 629.